The lowest BCUT2D eigenvalue weighted by Crippen LogP contribution is -1.93. The van der Waals surface area contributed by atoms with Crippen LogP contribution in [0.25, 0.3) is 18.2 Å². The van der Waals surface area contributed by atoms with E-state index in [1.54, 1.807) is 18.2 Å². The summed E-state index contributed by atoms with van der Waals surface area (Å²) in [6.07, 6.45) is 12.2. The summed E-state index contributed by atoms with van der Waals surface area (Å²) in [5.74, 6) is 0.554. The molecule has 0 N–H and O–H groups in total. The Morgan fingerprint density at radius 1 is 0.730 bits per heavy atom. The van der Waals surface area contributed by atoms with Crippen LogP contribution in [0.5, 0.6) is 0 Å². The van der Waals surface area contributed by atoms with Crippen molar-refractivity contribution in [1.29, 1.82) is 0 Å². The maximum atomic E-state index is 11.3. The van der Waals surface area contributed by atoms with Crippen molar-refractivity contribution < 1.29 is 14.3 Å². The van der Waals surface area contributed by atoms with E-state index in [2.05, 4.69) is 0 Å². The molecule has 3 aromatic carbocycles. The molecule has 0 atom stereocenters. The summed E-state index contributed by atoms with van der Waals surface area (Å²) < 4.78 is 1.55. The minimum atomic E-state index is 0.250. The van der Waals surface area contributed by atoms with Gasteiger partial charge in [-0.05, 0) is 54.7 Å². The summed E-state index contributed by atoms with van der Waals surface area (Å²) in [6.45, 7) is 2.03. The van der Waals surface area contributed by atoms with Gasteiger partial charge in [0, 0.05) is 42.4 Å². The highest BCUT2D eigenvalue weighted by atomic mass is 35.5. The van der Waals surface area contributed by atoms with Gasteiger partial charge < -0.3 is 0 Å². The van der Waals surface area contributed by atoms with Crippen LogP contribution in [0.15, 0.2) is 97.3 Å². The fourth-order valence-electron chi connectivity index (χ4n) is 2.88. The summed E-state index contributed by atoms with van der Waals surface area (Å²) in [4.78, 5) is 32.3. The summed E-state index contributed by atoms with van der Waals surface area (Å²) in [7, 11) is 2.92. The van der Waals surface area contributed by atoms with E-state index in [1.807, 2.05) is 91.9 Å². The Balaban J connectivity index is 0.000000197. The lowest BCUT2D eigenvalue weighted by atomic mass is 10.1. The van der Waals surface area contributed by atoms with Crippen LogP contribution >= 0.6 is 11.6 Å². The number of hydrogen-bond acceptors (Lipinski definition) is 3. The maximum absolute atomic E-state index is 11.3. The largest absolute Gasteiger partial charge is 0.295 e. The second-order valence-electron chi connectivity index (χ2n) is 8.61. The molecule has 0 aliphatic heterocycles. The standard InChI is InChI=1S/C12H11ClO.C10H12NO.C9H10NO/c13-11-6-1-9(2-7-11)3-8-12(14)10-4-5-10;1-9-3-5-10(6-4-9)7-8-11(2)12;1-10(11)8-7-9-5-3-2-4-6-9/h1-3,6-8,10H,4-5H2;3-8H,1-2H3;2-8H,1H3/q;2*+1/b8-3+;2*8-7+. The molecular formula is C31H33ClN2O3+2. The highest BCUT2D eigenvalue weighted by Gasteiger charge is 2.27. The van der Waals surface area contributed by atoms with Crippen LogP contribution in [0.4, 0.5) is 0 Å². The number of nitroso groups, excluding NO2 is 2. The lowest BCUT2D eigenvalue weighted by molar-refractivity contribution is -0.443. The molecule has 0 spiro atoms. The van der Waals surface area contributed by atoms with Gasteiger partial charge in [0.15, 0.2) is 19.9 Å². The normalized spacial score (nSPS) is 12.5. The number of ketones is 1. The van der Waals surface area contributed by atoms with Crippen molar-refractivity contribution in [2.24, 2.45) is 5.92 Å². The Bertz CT molecular complexity index is 1240. The first-order chi connectivity index (χ1) is 17.7. The van der Waals surface area contributed by atoms with E-state index < -0.39 is 0 Å². The first-order valence-corrected chi connectivity index (χ1v) is 12.4. The molecule has 1 aliphatic carbocycles. The van der Waals surface area contributed by atoms with E-state index in [0.29, 0.717) is 5.92 Å². The summed E-state index contributed by atoms with van der Waals surface area (Å²) in [6, 6.07) is 25.1. The van der Waals surface area contributed by atoms with E-state index >= 15 is 0 Å². The van der Waals surface area contributed by atoms with Crippen molar-refractivity contribution >= 4 is 35.6 Å². The highest BCUT2D eigenvalue weighted by molar-refractivity contribution is 6.30. The van der Waals surface area contributed by atoms with Crippen LogP contribution in [0.3, 0.4) is 0 Å². The number of carbonyl (C=O) groups excluding carboxylic acids is 1. The Hall–Kier alpha value is -3.96. The van der Waals surface area contributed by atoms with Crippen LogP contribution in [0.2, 0.25) is 5.02 Å². The van der Waals surface area contributed by atoms with Gasteiger partial charge >= 0.3 is 0 Å². The minimum absolute atomic E-state index is 0.250. The Morgan fingerprint density at radius 2 is 1.19 bits per heavy atom. The molecule has 0 bridgehead atoms. The molecule has 37 heavy (non-hydrogen) atoms. The molecule has 6 heteroatoms. The molecule has 5 nitrogen and oxygen atoms in total. The number of aryl methyl sites for hydroxylation is 1. The van der Waals surface area contributed by atoms with Gasteiger partial charge in [-0.1, -0.05) is 90.0 Å². The maximum Gasteiger partial charge on any atom is 0.221 e. The molecule has 3 aromatic rings. The zero-order chi connectivity index (χ0) is 27.0. The van der Waals surface area contributed by atoms with Gasteiger partial charge in [0.25, 0.3) is 0 Å². The van der Waals surface area contributed by atoms with Crippen molar-refractivity contribution in [2.75, 3.05) is 14.1 Å². The summed E-state index contributed by atoms with van der Waals surface area (Å²) in [5, 5.41) is 0.718. The number of carbonyl (C=O) groups is 1. The fourth-order valence-corrected chi connectivity index (χ4v) is 3.01. The SMILES string of the molecule is C[N+](=O)/C=C/c1ccccc1.Cc1ccc(/C=C/[N+](C)=O)cc1.O=C(/C=C/c1ccc(Cl)cc1)C1CC1. The average molecular weight is 517 g/mol. The van der Waals surface area contributed by atoms with E-state index in [1.165, 1.54) is 32.1 Å². The van der Waals surface area contributed by atoms with Crippen LogP contribution in [-0.2, 0) is 4.79 Å². The number of halogens is 1. The van der Waals surface area contributed by atoms with Crippen LogP contribution in [0, 0.1) is 22.7 Å². The predicted molar refractivity (Wildman–Crippen MR) is 153 cm³/mol. The monoisotopic (exact) mass is 516 g/mol. The molecule has 0 saturated heterocycles. The average Bonchev–Trinajstić information content (AvgIpc) is 3.74. The van der Waals surface area contributed by atoms with E-state index in [4.69, 9.17) is 11.6 Å². The van der Waals surface area contributed by atoms with Gasteiger partial charge in [0.2, 0.25) is 12.4 Å². The molecule has 4 rings (SSSR count). The number of benzene rings is 3. The van der Waals surface area contributed by atoms with Crippen LogP contribution < -0.4 is 0 Å². The van der Waals surface area contributed by atoms with E-state index in [9.17, 15) is 14.6 Å². The quantitative estimate of drug-likeness (QED) is 0.238. The van der Waals surface area contributed by atoms with Gasteiger partial charge in [-0.25, -0.2) is 0 Å². The molecule has 1 saturated carbocycles. The van der Waals surface area contributed by atoms with Crippen LogP contribution in [-0.4, -0.2) is 29.4 Å². The van der Waals surface area contributed by atoms with Gasteiger partial charge in [-0.15, -0.1) is 0 Å². The molecular weight excluding hydrogens is 484 g/mol. The lowest BCUT2D eigenvalue weighted by Gasteiger charge is -1.93. The van der Waals surface area contributed by atoms with Gasteiger partial charge in [-0.2, -0.15) is 0 Å². The Kier molecular flexibility index (Phi) is 12.6. The second kappa shape index (κ2) is 15.9. The first-order valence-electron chi connectivity index (χ1n) is 12.0. The number of hydrogen-bond donors (Lipinski definition) is 0. The Morgan fingerprint density at radius 3 is 1.68 bits per heavy atom. The third kappa shape index (κ3) is 13.6. The summed E-state index contributed by atoms with van der Waals surface area (Å²) >= 11 is 5.74. The van der Waals surface area contributed by atoms with Gasteiger partial charge in [-0.3, -0.25) is 4.79 Å². The molecule has 0 heterocycles. The molecule has 0 radical (unpaired) electrons. The fraction of sp³-hybridized carbons (Fsp3) is 0.194. The zero-order valence-corrected chi connectivity index (χ0v) is 22.2. The van der Waals surface area contributed by atoms with Crippen molar-refractivity contribution in [2.45, 2.75) is 19.8 Å². The van der Waals surface area contributed by atoms with Gasteiger partial charge in [0.05, 0.1) is 0 Å². The third-order valence-electron chi connectivity index (χ3n) is 5.12. The van der Waals surface area contributed by atoms with Crippen molar-refractivity contribution in [3.05, 3.63) is 134 Å². The first kappa shape index (κ1) is 29.3. The van der Waals surface area contributed by atoms with Gasteiger partial charge in [0.1, 0.15) is 0 Å². The third-order valence-corrected chi connectivity index (χ3v) is 5.37. The Labute approximate surface area is 224 Å². The molecule has 0 amide bonds. The number of allylic oxidation sites excluding steroid dienone is 1. The van der Waals surface area contributed by atoms with Crippen molar-refractivity contribution in [3.63, 3.8) is 0 Å². The smallest absolute Gasteiger partial charge is 0.221 e. The number of nitrogens with zero attached hydrogens (tertiary/aromatic N) is 2. The molecule has 1 aliphatic rings. The predicted octanol–water partition coefficient (Wildman–Crippen LogP) is 7.77. The summed E-state index contributed by atoms with van der Waals surface area (Å²) in [5.41, 5.74) is 4.32. The second-order valence-corrected chi connectivity index (χ2v) is 9.04. The zero-order valence-electron chi connectivity index (χ0n) is 21.5. The minimum Gasteiger partial charge on any atom is -0.295 e. The highest BCUT2D eigenvalue weighted by Crippen LogP contribution is 2.30. The van der Waals surface area contributed by atoms with E-state index in [0.717, 1.165) is 44.1 Å². The molecule has 0 unspecified atom stereocenters. The molecule has 190 valence electrons. The van der Waals surface area contributed by atoms with Crippen LogP contribution in [0.1, 0.15) is 35.1 Å². The molecule has 0 aromatic heterocycles. The van der Waals surface area contributed by atoms with E-state index in [-0.39, 0.29) is 5.78 Å². The van der Waals surface area contributed by atoms with Crippen molar-refractivity contribution in [3.8, 4) is 0 Å². The number of rotatable bonds is 7. The van der Waals surface area contributed by atoms with Crippen molar-refractivity contribution in [1.82, 2.24) is 0 Å². The molecule has 1 fully saturated rings. The topological polar surface area (TPSA) is 57.2 Å².